The molecule has 0 unspecified atom stereocenters. The minimum absolute atomic E-state index is 0.118. The van der Waals surface area contributed by atoms with Gasteiger partial charge < -0.3 is 9.26 Å². The van der Waals surface area contributed by atoms with E-state index in [0.717, 1.165) is 10.9 Å². The molecule has 4 rings (SSSR count). The van der Waals surface area contributed by atoms with Crippen molar-refractivity contribution in [2.24, 2.45) is 0 Å². The van der Waals surface area contributed by atoms with Crippen LogP contribution in [0.2, 0.25) is 0 Å². The molecule has 1 aromatic carbocycles. The first-order valence-corrected chi connectivity index (χ1v) is 9.29. The third-order valence-corrected chi connectivity index (χ3v) is 6.45. The number of nitrogens with zero attached hydrogens (tertiary/aromatic N) is 3. The molecule has 2 aromatic heterocycles. The minimum atomic E-state index is -3.77. The van der Waals surface area contributed by atoms with Gasteiger partial charge in [-0.05, 0) is 44.0 Å². The number of ether oxygens (including phenoxy) is 1. The molecule has 0 aliphatic carbocycles. The average Bonchev–Trinajstić information content (AvgIpc) is 3.15. The fourth-order valence-corrected chi connectivity index (χ4v) is 4.97. The first kappa shape index (κ1) is 15.9. The van der Waals surface area contributed by atoms with Gasteiger partial charge >= 0.3 is 0 Å². The molecule has 0 amide bonds. The molecule has 0 bridgehead atoms. The van der Waals surface area contributed by atoms with Crippen molar-refractivity contribution in [3.63, 3.8) is 0 Å². The summed E-state index contributed by atoms with van der Waals surface area (Å²) in [5.74, 6) is 1.42. The molecule has 3 heterocycles. The Morgan fingerprint density at radius 3 is 2.72 bits per heavy atom. The predicted molar refractivity (Wildman–Crippen MR) is 92.5 cm³/mol. The lowest BCUT2D eigenvalue weighted by Gasteiger charge is -2.18. The van der Waals surface area contributed by atoms with Crippen molar-refractivity contribution < 1.29 is 17.7 Å². The van der Waals surface area contributed by atoms with Gasteiger partial charge in [-0.2, -0.15) is 0 Å². The molecule has 0 fully saturated rings. The molecule has 0 spiro atoms. The van der Waals surface area contributed by atoms with Gasteiger partial charge in [-0.3, -0.25) is 0 Å². The predicted octanol–water partition coefficient (Wildman–Crippen LogP) is 2.60. The summed E-state index contributed by atoms with van der Waals surface area (Å²) >= 11 is 0. The van der Waals surface area contributed by atoms with Gasteiger partial charge in [0.1, 0.15) is 17.3 Å². The Morgan fingerprint density at radius 1 is 1.24 bits per heavy atom. The number of aryl methyl sites for hydroxylation is 2. The van der Waals surface area contributed by atoms with Crippen LogP contribution in [0.5, 0.6) is 5.75 Å². The van der Waals surface area contributed by atoms with Crippen molar-refractivity contribution >= 4 is 26.7 Å². The molecule has 0 saturated carbocycles. The average molecular weight is 359 g/mol. The van der Waals surface area contributed by atoms with Crippen LogP contribution in [0.4, 0.5) is 5.82 Å². The lowest BCUT2D eigenvalue weighted by molar-refractivity contribution is 0.390. The summed E-state index contributed by atoms with van der Waals surface area (Å²) in [5.41, 5.74) is 1.96. The van der Waals surface area contributed by atoms with Gasteiger partial charge in [0, 0.05) is 18.0 Å². The quantitative estimate of drug-likeness (QED) is 0.714. The summed E-state index contributed by atoms with van der Waals surface area (Å²) in [7, 11) is -2.19. The second kappa shape index (κ2) is 5.45. The van der Waals surface area contributed by atoms with E-state index in [2.05, 4.69) is 10.1 Å². The highest BCUT2D eigenvalue weighted by molar-refractivity contribution is 7.93. The number of methoxy groups -OCH3 is 1. The second-order valence-electron chi connectivity index (χ2n) is 6.01. The standard InChI is InChI=1S/C17H17N3O4S/c1-10-16(11(2)24-19-10)25(21,22)20-7-6-13-8-12-4-5-14(23-3)9-15(12)18-17(13)20/h4-5,8-9H,6-7H2,1-3H3. The molecule has 0 saturated heterocycles. The Labute approximate surface area is 145 Å². The van der Waals surface area contributed by atoms with E-state index >= 15 is 0 Å². The van der Waals surface area contributed by atoms with E-state index in [-0.39, 0.29) is 10.7 Å². The van der Waals surface area contributed by atoms with Crippen LogP contribution in [0.25, 0.3) is 10.9 Å². The molecular weight excluding hydrogens is 342 g/mol. The van der Waals surface area contributed by atoms with Crippen molar-refractivity contribution in [1.29, 1.82) is 0 Å². The van der Waals surface area contributed by atoms with Crippen LogP contribution >= 0.6 is 0 Å². The lowest BCUT2D eigenvalue weighted by Crippen LogP contribution is -2.30. The van der Waals surface area contributed by atoms with Crippen molar-refractivity contribution in [1.82, 2.24) is 10.1 Å². The monoisotopic (exact) mass is 359 g/mol. The number of pyridine rings is 1. The molecule has 25 heavy (non-hydrogen) atoms. The molecule has 3 aromatic rings. The highest BCUT2D eigenvalue weighted by atomic mass is 32.2. The molecule has 1 aliphatic heterocycles. The van der Waals surface area contributed by atoms with Gasteiger partial charge in [-0.1, -0.05) is 5.16 Å². The van der Waals surface area contributed by atoms with Crippen LogP contribution in [0.3, 0.4) is 0 Å². The van der Waals surface area contributed by atoms with E-state index in [1.807, 2.05) is 18.2 Å². The Morgan fingerprint density at radius 2 is 2.04 bits per heavy atom. The van der Waals surface area contributed by atoms with Gasteiger partial charge in [0.05, 0.1) is 12.6 Å². The molecule has 8 heteroatoms. The van der Waals surface area contributed by atoms with Crippen LogP contribution in [0.15, 0.2) is 33.7 Å². The first-order chi connectivity index (χ1) is 11.9. The smallest absolute Gasteiger partial charge is 0.270 e. The molecule has 0 N–H and O–H groups in total. The third kappa shape index (κ3) is 2.36. The molecule has 1 aliphatic rings. The number of benzene rings is 1. The zero-order valence-electron chi connectivity index (χ0n) is 14.1. The summed E-state index contributed by atoms with van der Waals surface area (Å²) < 4.78 is 37.9. The molecule has 0 radical (unpaired) electrons. The highest BCUT2D eigenvalue weighted by Gasteiger charge is 2.36. The minimum Gasteiger partial charge on any atom is -0.497 e. The summed E-state index contributed by atoms with van der Waals surface area (Å²) in [4.78, 5) is 4.72. The van der Waals surface area contributed by atoms with Gasteiger partial charge in [-0.15, -0.1) is 0 Å². The van der Waals surface area contributed by atoms with E-state index in [1.54, 1.807) is 27.0 Å². The SMILES string of the molecule is COc1ccc2cc3c(nc2c1)N(S(=O)(=O)c1c(C)noc1C)CC3. The largest absolute Gasteiger partial charge is 0.497 e. The van der Waals surface area contributed by atoms with Gasteiger partial charge in [0.2, 0.25) is 0 Å². The Bertz CT molecular complexity index is 1070. The number of sulfonamides is 1. The van der Waals surface area contributed by atoms with Crippen LogP contribution in [-0.4, -0.2) is 32.2 Å². The maximum Gasteiger partial charge on any atom is 0.270 e. The first-order valence-electron chi connectivity index (χ1n) is 7.85. The second-order valence-corrected chi connectivity index (χ2v) is 7.81. The van der Waals surface area contributed by atoms with Gasteiger partial charge in [-0.25, -0.2) is 17.7 Å². The van der Waals surface area contributed by atoms with E-state index in [9.17, 15) is 8.42 Å². The molecular formula is C17H17N3O4S. The fraction of sp³-hybridized carbons (Fsp3) is 0.294. The maximum atomic E-state index is 13.1. The summed E-state index contributed by atoms with van der Waals surface area (Å²) in [6.07, 6.45) is 0.618. The van der Waals surface area contributed by atoms with Crippen molar-refractivity contribution in [3.05, 3.63) is 41.3 Å². The van der Waals surface area contributed by atoms with Crippen molar-refractivity contribution in [3.8, 4) is 5.75 Å². The van der Waals surface area contributed by atoms with Crippen LogP contribution < -0.4 is 9.04 Å². The summed E-state index contributed by atoms with van der Waals surface area (Å²) in [5, 5.41) is 4.72. The maximum absolute atomic E-state index is 13.1. The van der Waals surface area contributed by atoms with Crippen LogP contribution in [0, 0.1) is 13.8 Å². The van der Waals surface area contributed by atoms with Crippen LogP contribution in [0.1, 0.15) is 17.0 Å². The number of hydrogen-bond donors (Lipinski definition) is 0. The van der Waals surface area contributed by atoms with E-state index in [0.29, 0.717) is 35.7 Å². The number of fused-ring (bicyclic) bond motifs is 2. The van der Waals surface area contributed by atoms with Crippen molar-refractivity contribution in [2.45, 2.75) is 25.2 Å². The lowest BCUT2D eigenvalue weighted by atomic mass is 10.1. The molecule has 0 atom stereocenters. The van der Waals surface area contributed by atoms with Crippen molar-refractivity contribution in [2.75, 3.05) is 18.0 Å². The Balaban J connectivity index is 1.87. The number of aromatic nitrogens is 2. The van der Waals surface area contributed by atoms with E-state index in [4.69, 9.17) is 9.26 Å². The zero-order chi connectivity index (χ0) is 17.8. The summed E-state index contributed by atoms with van der Waals surface area (Å²) in [6, 6.07) is 7.57. The van der Waals surface area contributed by atoms with E-state index in [1.165, 1.54) is 4.31 Å². The molecule has 130 valence electrons. The normalized spacial score (nSPS) is 14.1. The third-order valence-electron chi connectivity index (χ3n) is 4.42. The highest BCUT2D eigenvalue weighted by Crippen LogP contribution is 2.35. The Hall–Kier alpha value is -2.61. The number of hydrogen-bond acceptors (Lipinski definition) is 6. The summed E-state index contributed by atoms with van der Waals surface area (Å²) in [6.45, 7) is 3.57. The zero-order valence-corrected chi connectivity index (χ0v) is 14.9. The van der Waals surface area contributed by atoms with E-state index < -0.39 is 10.0 Å². The fourth-order valence-electron chi connectivity index (χ4n) is 3.22. The van der Waals surface area contributed by atoms with Gasteiger partial charge in [0.15, 0.2) is 10.7 Å². The van der Waals surface area contributed by atoms with Crippen LogP contribution in [-0.2, 0) is 16.4 Å². The molecule has 7 nitrogen and oxygen atoms in total. The topological polar surface area (TPSA) is 85.5 Å². The number of anilines is 1. The Kier molecular flexibility index (Phi) is 3.47. The van der Waals surface area contributed by atoms with Gasteiger partial charge in [0.25, 0.3) is 10.0 Å². The number of rotatable bonds is 3.